The number of aryl methyl sites for hydroxylation is 2. The lowest BCUT2D eigenvalue weighted by atomic mass is 9.89. The molecular formula is C14H19N5O. The van der Waals surface area contributed by atoms with E-state index in [1.807, 2.05) is 13.8 Å². The highest BCUT2D eigenvalue weighted by atomic mass is 16.3. The molecule has 0 saturated carbocycles. The average Bonchev–Trinajstić information content (AvgIpc) is 2.71. The Morgan fingerprint density at radius 2 is 2.20 bits per heavy atom. The molecule has 6 nitrogen and oxygen atoms in total. The van der Waals surface area contributed by atoms with Crippen LogP contribution < -0.4 is 4.90 Å². The first-order valence-electron chi connectivity index (χ1n) is 7.24. The Kier molecular flexibility index (Phi) is 2.36. The van der Waals surface area contributed by atoms with E-state index in [1.165, 1.54) is 0 Å². The molecule has 4 rings (SSSR count). The minimum absolute atomic E-state index is 0.452. The maximum absolute atomic E-state index is 10.4. The molecular weight excluding hydrogens is 254 g/mol. The van der Waals surface area contributed by atoms with Crippen LogP contribution in [-0.2, 0) is 6.42 Å². The number of anilines is 1. The summed E-state index contributed by atoms with van der Waals surface area (Å²) in [7, 11) is 0. The molecule has 2 aromatic rings. The number of aliphatic hydroxyl groups is 1. The van der Waals surface area contributed by atoms with Gasteiger partial charge in [0.05, 0.1) is 11.0 Å². The monoisotopic (exact) mass is 273 g/mol. The number of fused-ring (bicyclic) bond motifs is 2. The Morgan fingerprint density at radius 3 is 3.05 bits per heavy atom. The number of hydrogen-bond donors (Lipinski definition) is 2. The van der Waals surface area contributed by atoms with E-state index in [0.717, 1.165) is 54.1 Å². The lowest BCUT2D eigenvalue weighted by Gasteiger charge is -2.43. The fraction of sp³-hybridized carbons (Fsp3) is 0.643. The van der Waals surface area contributed by atoms with E-state index in [4.69, 9.17) is 0 Å². The van der Waals surface area contributed by atoms with Crippen molar-refractivity contribution in [2.45, 2.75) is 51.2 Å². The van der Waals surface area contributed by atoms with Gasteiger partial charge >= 0.3 is 0 Å². The first kappa shape index (κ1) is 12.1. The smallest absolute Gasteiger partial charge is 0.186 e. The third kappa shape index (κ3) is 1.71. The minimum Gasteiger partial charge on any atom is -0.388 e. The summed E-state index contributed by atoms with van der Waals surface area (Å²) in [5.41, 5.74) is 1.23. The minimum atomic E-state index is -0.643. The molecule has 0 aliphatic carbocycles. The van der Waals surface area contributed by atoms with Crippen molar-refractivity contribution in [3.8, 4) is 0 Å². The van der Waals surface area contributed by atoms with Crippen molar-refractivity contribution in [1.29, 1.82) is 0 Å². The van der Waals surface area contributed by atoms with Crippen LogP contribution in [0, 0.1) is 6.92 Å². The predicted octanol–water partition coefficient (Wildman–Crippen LogP) is 1.33. The molecule has 1 saturated heterocycles. The standard InChI is InChI=1S/C14H19N5O/c1-8-15-12-11-10(17-18-12)4-3-9-5-6-14(2,20)7-19(9)13(11)16-8/h9,20H,3-7H2,1-2H3,(H,15,16,17,18)/t9-,14+/m1/s1. The van der Waals surface area contributed by atoms with Gasteiger partial charge in [-0.25, -0.2) is 9.97 Å². The molecule has 0 radical (unpaired) electrons. The van der Waals surface area contributed by atoms with Gasteiger partial charge in [-0.3, -0.25) is 5.10 Å². The van der Waals surface area contributed by atoms with Crippen LogP contribution in [-0.4, -0.2) is 43.5 Å². The van der Waals surface area contributed by atoms with Gasteiger partial charge in [-0.1, -0.05) is 0 Å². The van der Waals surface area contributed by atoms with Gasteiger partial charge in [0.25, 0.3) is 0 Å². The zero-order valence-electron chi connectivity index (χ0n) is 11.8. The second-order valence-electron chi connectivity index (χ2n) is 6.35. The molecule has 2 atom stereocenters. The normalized spacial score (nSPS) is 29.4. The molecule has 0 spiro atoms. The molecule has 106 valence electrons. The maximum atomic E-state index is 10.4. The molecule has 6 heteroatoms. The molecule has 0 amide bonds. The Hall–Kier alpha value is -1.69. The Labute approximate surface area is 117 Å². The van der Waals surface area contributed by atoms with E-state index in [-0.39, 0.29) is 0 Å². The first-order chi connectivity index (χ1) is 9.53. The van der Waals surface area contributed by atoms with Crippen LogP contribution in [0.2, 0.25) is 0 Å². The van der Waals surface area contributed by atoms with Crippen LogP contribution in [0.5, 0.6) is 0 Å². The van der Waals surface area contributed by atoms with Crippen molar-refractivity contribution in [1.82, 2.24) is 20.2 Å². The van der Waals surface area contributed by atoms with Gasteiger partial charge in [0.1, 0.15) is 11.6 Å². The lowest BCUT2D eigenvalue weighted by molar-refractivity contribution is 0.0357. The van der Waals surface area contributed by atoms with Gasteiger partial charge in [0, 0.05) is 18.3 Å². The fourth-order valence-electron chi connectivity index (χ4n) is 3.53. The van der Waals surface area contributed by atoms with Crippen molar-refractivity contribution >= 4 is 16.9 Å². The average molecular weight is 273 g/mol. The number of H-pyrrole nitrogens is 1. The molecule has 1 fully saturated rings. The molecule has 2 aliphatic heterocycles. The molecule has 2 aromatic heterocycles. The summed E-state index contributed by atoms with van der Waals surface area (Å²) in [6, 6.07) is 0.452. The van der Waals surface area contributed by atoms with Crippen molar-refractivity contribution in [2.24, 2.45) is 0 Å². The lowest BCUT2D eigenvalue weighted by Crippen LogP contribution is -2.51. The van der Waals surface area contributed by atoms with Crippen molar-refractivity contribution < 1.29 is 5.11 Å². The van der Waals surface area contributed by atoms with E-state index in [2.05, 4.69) is 25.1 Å². The second kappa shape index (κ2) is 3.91. The molecule has 0 bridgehead atoms. The highest BCUT2D eigenvalue weighted by Gasteiger charge is 2.38. The highest BCUT2D eigenvalue weighted by molar-refractivity contribution is 5.90. The van der Waals surface area contributed by atoms with Crippen LogP contribution in [0.25, 0.3) is 11.0 Å². The third-order valence-electron chi connectivity index (χ3n) is 4.55. The maximum Gasteiger partial charge on any atom is 0.186 e. The van der Waals surface area contributed by atoms with Gasteiger partial charge in [-0.05, 0) is 39.5 Å². The van der Waals surface area contributed by atoms with Gasteiger partial charge < -0.3 is 10.0 Å². The fourth-order valence-corrected chi connectivity index (χ4v) is 3.53. The zero-order chi connectivity index (χ0) is 13.9. The van der Waals surface area contributed by atoms with Gasteiger partial charge in [-0.15, -0.1) is 0 Å². The molecule has 2 N–H and O–H groups in total. The quantitative estimate of drug-likeness (QED) is 0.757. The number of rotatable bonds is 0. The Morgan fingerprint density at radius 1 is 1.35 bits per heavy atom. The molecule has 0 aromatic carbocycles. The summed E-state index contributed by atoms with van der Waals surface area (Å²) in [5.74, 6) is 1.68. The molecule has 20 heavy (non-hydrogen) atoms. The summed E-state index contributed by atoms with van der Waals surface area (Å²) in [5, 5.41) is 18.9. The van der Waals surface area contributed by atoms with E-state index < -0.39 is 5.60 Å². The van der Waals surface area contributed by atoms with E-state index in [0.29, 0.717) is 12.6 Å². The van der Waals surface area contributed by atoms with Crippen molar-refractivity contribution in [2.75, 3.05) is 11.4 Å². The largest absolute Gasteiger partial charge is 0.388 e. The van der Waals surface area contributed by atoms with E-state index in [9.17, 15) is 5.11 Å². The van der Waals surface area contributed by atoms with E-state index in [1.54, 1.807) is 0 Å². The first-order valence-corrected chi connectivity index (χ1v) is 7.24. The number of hydrogen-bond acceptors (Lipinski definition) is 5. The number of nitrogens with one attached hydrogen (secondary N) is 1. The van der Waals surface area contributed by atoms with Crippen LogP contribution in [0.4, 0.5) is 5.82 Å². The Balaban J connectivity index is 1.92. The SMILES string of the molecule is Cc1nc2c3c([nH]nc3n1)CC[C@@H]1CC[C@](C)(O)CN21. The topological polar surface area (TPSA) is 77.9 Å². The Bertz CT molecular complexity index is 677. The second-order valence-corrected chi connectivity index (χ2v) is 6.35. The highest BCUT2D eigenvalue weighted by Crippen LogP contribution is 2.38. The van der Waals surface area contributed by atoms with Crippen LogP contribution in [0.15, 0.2) is 0 Å². The van der Waals surface area contributed by atoms with Crippen molar-refractivity contribution in [3.63, 3.8) is 0 Å². The zero-order valence-corrected chi connectivity index (χ0v) is 11.8. The van der Waals surface area contributed by atoms with Crippen LogP contribution >= 0.6 is 0 Å². The van der Waals surface area contributed by atoms with Crippen molar-refractivity contribution in [3.05, 3.63) is 11.5 Å². The summed E-state index contributed by atoms with van der Waals surface area (Å²) < 4.78 is 0. The molecule has 4 heterocycles. The number of aromatic nitrogens is 4. The van der Waals surface area contributed by atoms with E-state index >= 15 is 0 Å². The molecule has 0 unspecified atom stereocenters. The summed E-state index contributed by atoms with van der Waals surface area (Å²) in [6.45, 7) is 4.44. The summed E-state index contributed by atoms with van der Waals surface area (Å²) >= 11 is 0. The van der Waals surface area contributed by atoms with Crippen LogP contribution in [0.1, 0.15) is 37.7 Å². The van der Waals surface area contributed by atoms with Crippen LogP contribution in [0.3, 0.4) is 0 Å². The predicted molar refractivity (Wildman–Crippen MR) is 75.7 cm³/mol. The third-order valence-corrected chi connectivity index (χ3v) is 4.55. The molecule has 2 aliphatic rings. The van der Waals surface area contributed by atoms with Gasteiger partial charge in [0.15, 0.2) is 5.65 Å². The number of piperidine rings is 1. The number of aromatic amines is 1. The summed E-state index contributed by atoms with van der Waals surface area (Å²) in [6.07, 6.45) is 3.91. The summed E-state index contributed by atoms with van der Waals surface area (Å²) in [4.78, 5) is 11.3. The number of nitrogens with zero attached hydrogens (tertiary/aromatic N) is 4. The van der Waals surface area contributed by atoms with Gasteiger partial charge in [-0.2, -0.15) is 5.10 Å². The van der Waals surface area contributed by atoms with Gasteiger partial charge in [0.2, 0.25) is 0 Å².